The van der Waals surface area contributed by atoms with Crippen LogP contribution < -0.4 is 5.32 Å². The van der Waals surface area contributed by atoms with Crippen molar-refractivity contribution >= 4 is 5.97 Å². The molecule has 0 aromatic heterocycles. The molecule has 2 atom stereocenters. The summed E-state index contributed by atoms with van der Waals surface area (Å²) in [6.07, 6.45) is 4.98. The van der Waals surface area contributed by atoms with Crippen molar-refractivity contribution in [1.82, 2.24) is 5.32 Å². The molecule has 0 bridgehead atoms. The summed E-state index contributed by atoms with van der Waals surface area (Å²) >= 11 is 0. The van der Waals surface area contributed by atoms with Crippen molar-refractivity contribution in [3.63, 3.8) is 0 Å². The van der Waals surface area contributed by atoms with Gasteiger partial charge in [-0.1, -0.05) is 27.2 Å². The zero-order valence-corrected chi connectivity index (χ0v) is 13.8. The molecule has 4 nitrogen and oxygen atoms in total. The van der Waals surface area contributed by atoms with Gasteiger partial charge in [0.15, 0.2) is 0 Å². The Bertz CT molecular complexity index is 311. The Morgan fingerprint density at radius 3 is 2.60 bits per heavy atom. The molecule has 1 aliphatic rings. The molecule has 0 radical (unpaired) electrons. The largest absolute Gasteiger partial charge is 0.468 e. The molecular formula is C16H31NO3. The fourth-order valence-electron chi connectivity index (χ4n) is 3.06. The van der Waals surface area contributed by atoms with E-state index in [9.17, 15) is 4.79 Å². The fourth-order valence-corrected chi connectivity index (χ4v) is 3.06. The average Bonchev–Trinajstić information content (AvgIpc) is 2.80. The number of hydrogen-bond donors (Lipinski definition) is 1. The average molecular weight is 285 g/mol. The van der Waals surface area contributed by atoms with Crippen LogP contribution in [0.15, 0.2) is 0 Å². The van der Waals surface area contributed by atoms with Crippen molar-refractivity contribution in [2.75, 3.05) is 27.4 Å². The quantitative estimate of drug-likeness (QED) is 0.577. The monoisotopic (exact) mass is 285 g/mol. The Kier molecular flexibility index (Phi) is 6.46. The lowest BCUT2D eigenvalue weighted by atomic mass is 9.85. The van der Waals surface area contributed by atoms with E-state index in [2.05, 4.69) is 26.1 Å². The molecule has 0 aliphatic heterocycles. The molecule has 0 spiro atoms. The van der Waals surface area contributed by atoms with Crippen LogP contribution in [-0.2, 0) is 14.3 Å². The number of likely N-dealkylation sites (N-methyl/N-ethyl adjacent to an activating group) is 1. The molecule has 0 saturated heterocycles. The molecular weight excluding hydrogens is 254 g/mol. The van der Waals surface area contributed by atoms with Crippen LogP contribution in [-0.4, -0.2) is 38.9 Å². The first-order valence-corrected chi connectivity index (χ1v) is 7.71. The van der Waals surface area contributed by atoms with Gasteiger partial charge in [-0.05, 0) is 44.1 Å². The normalized spacial score (nSPS) is 26.8. The van der Waals surface area contributed by atoms with Gasteiger partial charge in [-0.2, -0.15) is 0 Å². The Morgan fingerprint density at radius 2 is 2.05 bits per heavy atom. The Hall–Kier alpha value is -0.610. The topological polar surface area (TPSA) is 47.6 Å². The maximum Gasteiger partial charge on any atom is 0.326 e. The summed E-state index contributed by atoms with van der Waals surface area (Å²) in [5, 5.41) is 3.21. The fraction of sp³-hybridized carbons (Fsp3) is 0.938. The molecule has 1 N–H and O–H groups in total. The van der Waals surface area contributed by atoms with Gasteiger partial charge in [0, 0.05) is 13.2 Å². The predicted octanol–water partition coefficient (Wildman–Crippen LogP) is 2.76. The van der Waals surface area contributed by atoms with Crippen molar-refractivity contribution in [3.8, 4) is 0 Å². The minimum Gasteiger partial charge on any atom is -0.468 e. The highest BCUT2D eigenvalue weighted by Crippen LogP contribution is 2.38. The number of rotatable bonds is 7. The van der Waals surface area contributed by atoms with E-state index in [-0.39, 0.29) is 5.97 Å². The lowest BCUT2D eigenvalue weighted by Crippen LogP contribution is -2.54. The Morgan fingerprint density at radius 1 is 1.35 bits per heavy atom. The van der Waals surface area contributed by atoms with E-state index in [0.29, 0.717) is 11.3 Å². The molecule has 0 aromatic rings. The molecule has 1 saturated carbocycles. The summed E-state index contributed by atoms with van der Waals surface area (Å²) < 4.78 is 10.7. The van der Waals surface area contributed by atoms with Crippen LogP contribution in [0, 0.1) is 11.3 Å². The van der Waals surface area contributed by atoms with Crippen LogP contribution in [0.2, 0.25) is 0 Å². The van der Waals surface area contributed by atoms with Gasteiger partial charge in [-0.3, -0.25) is 4.79 Å². The number of carbonyl (C=O) groups is 1. The van der Waals surface area contributed by atoms with Gasteiger partial charge in [-0.25, -0.2) is 0 Å². The van der Waals surface area contributed by atoms with Crippen LogP contribution >= 0.6 is 0 Å². The predicted molar refractivity (Wildman–Crippen MR) is 80.7 cm³/mol. The zero-order chi connectivity index (χ0) is 15.2. The number of nitrogens with one attached hydrogen (secondary N) is 1. The van der Waals surface area contributed by atoms with E-state index in [4.69, 9.17) is 9.47 Å². The first-order chi connectivity index (χ1) is 9.35. The summed E-state index contributed by atoms with van der Waals surface area (Å²) in [5.74, 6) is 0.187. The summed E-state index contributed by atoms with van der Waals surface area (Å²) in [4.78, 5) is 12.1. The molecule has 0 heterocycles. The Labute approximate surface area is 123 Å². The summed E-state index contributed by atoms with van der Waals surface area (Å²) in [5.41, 5.74) is -0.184. The van der Waals surface area contributed by atoms with Gasteiger partial charge >= 0.3 is 5.97 Å². The smallest absolute Gasteiger partial charge is 0.326 e. The van der Waals surface area contributed by atoms with Crippen LogP contribution in [0.25, 0.3) is 0 Å². The van der Waals surface area contributed by atoms with Gasteiger partial charge < -0.3 is 14.8 Å². The molecule has 1 fully saturated rings. The standard InChI is InChI=1S/C16H31NO3/c1-15(2,3)10-12-20-11-8-13-7-6-9-16(13,17-4)14(18)19-5/h13,17H,6-12H2,1-5H3. The van der Waals surface area contributed by atoms with Gasteiger partial charge in [0.25, 0.3) is 0 Å². The van der Waals surface area contributed by atoms with Crippen molar-refractivity contribution < 1.29 is 14.3 Å². The van der Waals surface area contributed by atoms with Gasteiger partial charge in [-0.15, -0.1) is 0 Å². The lowest BCUT2D eigenvalue weighted by Gasteiger charge is -2.32. The first-order valence-electron chi connectivity index (χ1n) is 7.71. The first kappa shape index (κ1) is 17.4. The van der Waals surface area contributed by atoms with E-state index in [0.717, 1.165) is 45.3 Å². The highest BCUT2D eigenvalue weighted by molar-refractivity contribution is 5.81. The molecule has 1 aliphatic carbocycles. The highest BCUT2D eigenvalue weighted by atomic mass is 16.5. The number of carbonyl (C=O) groups excluding carboxylic acids is 1. The number of esters is 1. The Balaban J connectivity index is 2.40. The van der Waals surface area contributed by atoms with E-state index in [1.807, 2.05) is 7.05 Å². The molecule has 20 heavy (non-hydrogen) atoms. The van der Waals surface area contributed by atoms with Crippen molar-refractivity contribution in [2.24, 2.45) is 11.3 Å². The molecule has 2 unspecified atom stereocenters. The van der Waals surface area contributed by atoms with Gasteiger partial charge in [0.1, 0.15) is 5.54 Å². The van der Waals surface area contributed by atoms with Crippen LogP contribution in [0.1, 0.15) is 52.9 Å². The van der Waals surface area contributed by atoms with Gasteiger partial charge in [0.2, 0.25) is 0 Å². The lowest BCUT2D eigenvalue weighted by molar-refractivity contribution is -0.150. The van der Waals surface area contributed by atoms with Crippen molar-refractivity contribution in [2.45, 2.75) is 58.4 Å². The minimum atomic E-state index is -0.498. The second kappa shape index (κ2) is 7.41. The molecule has 1 rings (SSSR count). The van der Waals surface area contributed by atoms with Crippen LogP contribution in [0.3, 0.4) is 0 Å². The maximum atomic E-state index is 12.1. The third-order valence-electron chi connectivity index (χ3n) is 4.42. The molecule has 4 heteroatoms. The van der Waals surface area contributed by atoms with E-state index in [1.54, 1.807) is 0 Å². The second-order valence-corrected chi connectivity index (χ2v) is 7.01. The van der Waals surface area contributed by atoms with Gasteiger partial charge in [0.05, 0.1) is 7.11 Å². The van der Waals surface area contributed by atoms with E-state index >= 15 is 0 Å². The number of hydrogen-bond acceptors (Lipinski definition) is 4. The zero-order valence-electron chi connectivity index (χ0n) is 13.8. The van der Waals surface area contributed by atoms with Crippen molar-refractivity contribution in [1.29, 1.82) is 0 Å². The molecule has 0 aromatic carbocycles. The highest BCUT2D eigenvalue weighted by Gasteiger charge is 2.48. The SMILES string of the molecule is CNC1(C(=O)OC)CCCC1CCOCCC(C)(C)C. The van der Waals surface area contributed by atoms with E-state index in [1.165, 1.54) is 7.11 Å². The van der Waals surface area contributed by atoms with Crippen molar-refractivity contribution in [3.05, 3.63) is 0 Å². The maximum absolute atomic E-state index is 12.1. The second-order valence-electron chi connectivity index (χ2n) is 7.01. The number of ether oxygens (including phenoxy) is 2. The summed E-state index contributed by atoms with van der Waals surface area (Å²) in [6.45, 7) is 8.17. The van der Waals surface area contributed by atoms with Crippen LogP contribution in [0.5, 0.6) is 0 Å². The molecule has 118 valence electrons. The number of methoxy groups -OCH3 is 1. The van der Waals surface area contributed by atoms with E-state index < -0.39 is 5.54 Å². The third kappa shape index (κ3) is 4.45. The summed E-state index contributed by atoms with van der Waals surface area (Å²) in [7, 11) is 3.33. The summed E-state index contributed by atoms with van der Waals surface area (Å²) in [6, 6.07) is 0. The van der Waals surface area contributed by atoms with Crippen LogP contribution in [0.4, 0.5) is 0 Å². The third-order valence-corrected chi connectivity index (χ3v) is 4.42. The minimum absolute atomic E-state index is 0.128. The molecule has 0 amide bonds.